The van der Waals surface area contributed by atoms with Crippen LogP contribution in [0.3, 0.4) is 0 Å². The molecule has 0 spiro atoms. The Morgan fingerprint density at radius 2 is 1.22 bits per heavy atom. The number of carbonyl (C=O) groups is 1. The summed E-state index contributed by atoms with van der Waals surface area (Å²) in [6, 6.07) is 0. The highest BCUT2D eigenvalue weighted by molar-refractivity contribution is 5.96. The SMILES string of the molecule is CC1=C(/C=C/C(C)=C/C=C/C(C)=C/C=C/C=C(C)/C=C/C=C(C)/C=C/C(=O)C(C)(C)O)C(C)(C)CCC1. The van der Waals surface area contributed by atoms with Crippen molar-refractivity contribution in [1.29, 1.82) is 0 Å². The second-order valence-electron chi connectivity index (χ2n) is 11.3. The lowest BCUT2D eigenvalue weighted by Crippen LogP contribution is -2.29. The van der Waals surface area contributed by atoms with E-state index < -0.39 is 5.60 Å². The van der Waals surface area contributed by atoms with E-state index in [4.69, 9.17) is 0 Å². The van der Waals surface area contributed by atoms with Crippen molar-refractivity contribution in [2.75, 3.05) is 0 Å². The lowest BCUT2D eigenvalue weighted by atomic mass is 9.72. The first kappa shape index (κ1) is 32.1. The molecule has 2 heteroatoms. The van der Waals surface area contributed by atoms with Gasteiger partial charge in [0.25, 0.3) is 0 Å². The van der Waals surface area contributed by atoms with E-state index in [1.54, 1.807) is 6.08 Å². The van der Waals surface area contributed by atoms with Crippen molar-refractivity contribution in [2.45, 2.75) is 87.2 Å². The Kier molecular flexibility index (Phi) is 13.3. The molecule has 0 radical (unpaired) electrons. The molecule has 0 aliphatic heterocycles. The zero-order valence-corrected chi connectivity index (χ0v) is 24.6. The van der Waals surface area contributed by atoms with E-state index in [9.17, 15) is 9.90 Å². The van der Waals surface area contributed by atoms with Gasteiger partial charge in [-0.3, -0.25) is 4.79 Å². The zero-order valence-electron chi connectivity index (χ0n) is 24.6. The smallest absolute Gasteiger partial charge is 0.186 e. The Labute approximate surface area is 226 Å². The maximum absolute atomic E-state index is 11.7. The third-order valence-electron chi connectivity index (χ3n) is 6.42. The third-order valence-corrected chi connectivity index (χ3v) is 6.42. The minimum Gasteiger partial charge on any atom is -0.382 e. The minimum atomic E-state index is -1.34. The van der Waals surface area contributed by atoms with Gasteiger partial charge in [-0.2, -0.15) is 0 Å². The van der Waals surface area contributed by atoms with Crippen LogP contribution in [0.4, 0.5) is 0 Å². The summed E-state index contributed by atoms with van der Waals surface area (Å²) in [6.45, 7) is 18.2. The summed E-state index contributed by atoms with van der Waals surface area (Å²) in [7, 11) is 0. The number of ketones is 1. The molecule has 0 aromatic heterocycles. The van der Waals surface area contributed by atoms with Crippen LogP contribution >= 0.6 is 0 Å². The monoisotopic (exact) mass is 500 g/mol. The molecule has 0 aromatic rings. The molecule has 0 saturated heterocycles. The lowest BCUT2D eigenvalue weighted by molar-refractivity contribution is -0.128. The molecule has 0 amide bonds. The molecular formula is C35H48O2. The minimum absolute atomic E-state index is 0.274. The van der Waals surface area contributed by atoms with E-state index in [2.05, 4.69) is 77.2 Å². The Hall–Kier alpha value is -2.97. The summed E-state index contributed by atoms with van der Waals surface area (Å²) in [5.41, 5.74) is 6.45. The quantitative estimate of drug-likeness (QED) is 0.226. The Balaban J connectivity index is 2.63. The van der Waals surface area contributed by atoms with Crippen molar-refractivity contribution in [3.05, 3.63) is 119 Å². The van der Waals surface area contributed by atoms with Crippen LogP contribution in [0.15, 0.2) is 119 Å². The van der Waals surface area contributed by atoms with Gasteiger partial charge in [0.15, 0.2) is 5.78 Å². The molecule has 0 unspecified atom stereocenters. The third kappa shape index (κ3) is 13.2. The van der Waals surface area contributed by atoms with Gasteiger partial charge in [-0.15, -0.1) is 0 Å². The summed E-state index contributed by atoms with van der Waals surface area (Å²) < 4.78 is 0. The van der Waals surface area contributed by atoms with Crippen LogP contribution < -0.4 is 0 Å². The van der Waals surface area contributed by atoms with Gasteiger partial charge < -0.3 is 5.11 Å². The number of rotatable bonds is 11. The van der Waals surface area contributed by atoms with Crippen LogP contribution in [0.1, 0.15) is 81.6 Å². The van der Waals surface area contributed by atoms with Crippen molar-refractivity contribution in [2.24, 2.45) is 5.41 Å². The van der Waals surface area contributed by atoms with Crippen LogP contribution in [0.2, 0.25) is 0 Å². The first-order valence-electron chi connectivity index (χ1n) is 13.3. The van der Waals surface area contributed by atoms with E-state index in [0.29, 0.717) is 0 Å². The van der Waals surface area contributed by atoms with Gasteiger partial charge in [-0.25, -0.2) is 0 Å². The Morgan fingerprint density at radius 3 is 1.70 bits per heavy atom. The fraction of sp³-hybridized carbons (Fsp3) is 0.400. The number of allylic oxidation sites excluding steroid dienone is 19. The molecule has 0 saturated carbocycles. The molecule has 0 aromatic carbocycles. The fourth-order valence-electron chi connectivity index (χ4n) is 3.98. The van der Waals surface area contributed by atoms with Gasteiger partial charge >= 0.3 is 0 Å². The predicted octanol–water partition coefficient (Wildman–Crippen LogP) is 9.42. The largest absolute Gasteiger partial charge is 0.382 e. The molecule has 0 fully saturated rings. The average Bonchev–Trinajstić information content (AvgIpc) is 2.79. The molecule has 1 aliphatic carbocycles. The van der Waals surface area contributed by atoms with Crippen molar-refractivity contribution in [3.63, 3.8) is 0 Å². The highest BCUT2D eigenvalue weighted by Gasteiger charge is 2.26. The molecule has 0 atom stereocenters. The number of hydrogen-bond donors (Lipinski definition) is 1. The molecular weight excluding hydrogens is 452 g/mol. The predicted molar refractivity (Wildman–Crippen MR) is 162 cm³/mol. The van der Waals surface area contributed by atoms with Gasteiger partial charge in [0, 0.05) is 0 Å². The van der Waals surface area contributed by atoms with Crippen LogP contribution in [0, 0.1) is 5.41 Å². The van der Waals surface area contributed by atoms with Gasteiger partial charge in [0.05, 0.1) is 0 Å². The van der Waals surface area contributed by atoms with Gasteiger partial charge in [-0.05, 0) is 84.8 Å². The molecule has 0 bridgehead atoms. The van der Waals surface area contributed by atoms with Crippen molar-refractivity contribution in [3.8, 4) is 0 Å². The van der Waals surface area contributed by atoms with Crippen LogP contribution in [-0.2, 0) is 4.79 Å². The van der Waals surface area contributed by atoms with Crippen molar-refractivity contribution >= 4 is 5.78 Å². The highest BCUT2D eigenvalue weighted by atomic mass is 16.3. The van der Waals surface area contributed by atoms with E-state index >= 15 is 0 Å². The zero-order chi connectivity index (χ0) is 28.1. The number of aliphatic hydroxyl groups is 1. The number of hydrogen-bond acceptors (Lipinski definition) is 2. The van der Waals surface area contributed by atoms with E-state index in [1.807, 2.05) is 44.2 Å². The highest BCUT2D eigenvalue weighted by Crippen LogP contribution is 2.40. The number of carbonyl (C=O) groups excluding carboxylic acids is 1. The van der Waals surface area contributed by atoms with Gasteiger partial charge in [0.2, 0.25) is 0 Å². The Morgan fingerprint density at radius 1 is 0.757 bits per heavy atom. The topological polar surface area (TPSA) is 37.3 Å². The van der Waals surface area contributed by atoms with Crippen LogP contribution in [0.25, 0.3) is 0 Å². The molecule has 1 aliphatic rings. The van der Waals surface area contributed by atoms with E-state index in [1.165, 1.54) is 61.5 Å². The molecule has 1 rings (SSSR count). The summed E-state index contributed by atoms with van der Waals surface area (Å²) >= 11 is 0. The molecule has 2 nitrogen and oxygen atoms in total. The second-order valence-corrected chi connectivity index (χ2v) is 11.3. The first-order valence-corrected chi connectivity index (χ1v) is 13.3. The second kappa shape index (κ2) is 15.3. The molecule has 1 N–H and O–H groups in total. The van der Waals surface area contributed by atoms with E-state index in [-0.39, 0.29) is 11.2 Å². The molecule has 200 valence electrons. The van der Waals surface area contributed by atoms with Crippen molar-refractivity contribution < 1.29 is 9.90 Å². The maximum Gasteiger partial charge on any atom is 0.186 e. The van der Waals surface area contributed by atoms with E-state index in [0.717, 1.165) is 11.1 Å². The van der Waals surface area contributed by atoms with Gasteiger partial charge in [-0.1, -0.05) is 121 Å². The van der Waals surface area contributed by atoms with Gasteiger partial charge in [0.1, 0.15) is 5.60 Å². The Bertz CT molecular complexity index is 1090. The van der Waals surface area contributed by atoms with Crippen molar-refractivity contribution in [1.82, 2.24) is 0 Å². The first-order chi connectivity index (χ1) is 17.2. The summed E-state index contributed by atoms with van der Waals surface area (Å²) in [6.07, 6.45) is 32.0. The van der Waals surface area contributed by atoms with Crippen LogP contribution in [0.5, 0.6) is 0 Å². The maximum atomic E-state index is 11.7. The molecule has 37 heavy (non-hydrogen) atoms. The normalized spacial score (nSPS) is 19.1. The lowest BCUT2D eigenvalue weighted by Gasteiger charge is -2.32. The standard InChI is InChI=1S/C35H48O2/c1-27(17-12-19-29(3)22-24-32-31(5)21-14-26-34(32,6)7)15-10-11-16-28(2)18-13-20-30(4)23-25-33(36)35(8,9)37/h10-13,15-20,22-25,37H,14,21,26H2,1-9H3/b11-10+,17-12+,18-13+,24-22+,25-23+,27-15+,28-16+,29-19+,30-20+. The fourth-order valence-corrected chi connectivity index (χ4v) is 3.98. The molecule has 0 heterocycles. The average molecular weight is 501 g/mol. The van der Waals surface area contributed by atoms with Crippen LogP contribution in [-0.4, -0.2) is 16.5 Å². The summed E-state index contributed by atoms with van der Waals surface area (Å²) in [4.78, 5) is 11.7. The summed E-state index contributed by atoms with van der Waals surface area (Å²) in [5, 5.41) is 9.67. The summed E-state index contributed by atoms with van der Waals surface area (Å²) in [5.74, 6) is -0.307.